The number of unbranched alkanes of at least 4 members (excludes halogenated alkanes) is 15. The normalized spacial score (nSPS) is 18.4. The lowest BCUT2D eigenvalue weighted by Crippen LogP contribution is -2.66. The Kier molecular flexibility index (Phi) is 33.3. The number of para-hydroxylation sites is 2. The molecule has 1 aliphatic heterocycles. The first-order chi connectivity index (χ1) is 37.7. The quantitative estimate of drug-likeness (QED) is 0.0167. The molecule has 456 valence electrons. The number of amides is 1. The molecule has 0 aromatic heterocycles. The Morgan fingerprint density at radius 1 is 0.688 bits per heavy atom. The highest BCUT2D eigenvalue weighted by molar-refractivity contribution is 7.49. The van der Waals surface area contributed by atoms with E-state index in [-0.39, 0.29) is 24.5 Å². The third kappa shape index (κ3) is 30.4. The van der Waals surface area contributed by atoms with Gasteiger partial charge in [0.15, 0.2) is 18.0 Å². The number of nitrogens with one attached hydrogen (secondary N) is 1. The van der Waals surface area contributed by atoms with Crippen molar-refractivity contribution in [1.29, 1.82) is 0 Å². The van der Waals surface area contributed by atoms with Crippen LogP contribution in [0.2, 0.25) is 25.7 Å². The first-order valence-electron chi connectivity index (χ1n) is 28.1. The van der Waals surface area contributed by atoms with Gasteiger partial charge in [-0.2, -0.15) is 0 Å². The van der Waals surface area contributed by atoms with Crippen LogP contribution in [0.3, 0.4) is 0 Å². The van der Waals surface area contributed by atoms with Crippen molar-refractivity contribution in [3.05, 3.63) is 60.7 Å². The van der Waals surface area contributed by atoms with Gasteiger partial charge in [0.25, 0.3) is 0 Å². The molecule has 1 amide bonds. The van der Waals surface area contributed by atoms with E-state index in [0.717, 1.165) is 64.2 Å². The van der Waals surface area contributed by atoms with E-state index in [1.807, 2.05) is 0 Å². The molecule has 1 aliphatic rings. The van der Waals surface area contributed by atoms with Crippen molar-refractivity contribution in [2.75, 3.05) is 19.8 Å². The number of benzene rings is 2. The van der Waals surface area contributed by atoms with Crippen LogP contribution in [-0.2, 0) is 51.8 Å². The van der Waals surface area contributed by atoms with Crippen molar-refractivity contribution < 1.29 is 70.5 Å². The lowest BCUT2D eigenvalue weighted by atomic mass is 9.96. The van der Waals surface area contributed by atoms with Crippen LogP contribution in [0.25, 0.3) is 0 Å². The summed E-state index contributed by atoms with van der Waals surface area (Å²) in [6, 6.07) is 14.9. The van der Waals surface area contributed by atoms with Crippen LogP contribution in [0.1, 0.15) is 156 Å². The molecule has 1 heterocycles. The lowest BCUT2D eigenvalue weighted by molar-refractivity contribution is -0.269. The van der Waals surface area contributed by atoms with Gasteiger partial charge in [-0.05, 0) is 63.4 Å². The maximum absolute atomic E-state index is 15.4. The Balaban J connectivity index is 2.17. The van der Waals surface area contributed by atoms with Crippen molar-refractivity contribution in [1.82, 2.24) is 5.32 Å². The minimum atomic E-state index is -5.01. The molecule has 1 saturated heterocycles. The van der Waals surface area contributed by atoms with Crippen molar-refractivity contribution in [3.8, 4) is 11.5 Å². The van der Waals surface area contributed by atoms with Crippen molar-refractivity contribution in [2.24, 2.45) is 0 Å². The van der Waals surface area contributed by atoms with Crippen LogP contribution in [0.5, 0.6) is 11.5 Å². The van der Waals surface area contributed by atoms with E-state index < -0.39 is 110 Å². The fourth-order valence-electron chi connectivity index (χ4n) is 8.20. The van der Waals surface area contributed by atoms with Crippen molar-refractivity contribution >= 4 is 110 Å². The summed E-state index contributed by atoms with van der Waals surface area (Å²) in [5, 5.41) is 2.63. The zero-order valence-electron chi connectivity index (χ0n) is 47.5. The first-order valence-corrected chi connectivity index (χ1v) is 35.5. The molecule has 1 N–H and O–H groups in total. The monoisotopic (exact) mass is 1280 g/mol. The van der Waals surface area contributed by atoms with E-state index in [9.17, 15) is 19.2 Å². The largest absolute Gasteiger partial charge is 0.588 e. The lowest BCUT2D eigenvalue weighted by Gasteiger charge is -2.45. The Labute approximate surface area is 506 Å². The second kappa shape index (κ2) is 37.1. The maximum Gasteiger partial charge on any atom is 0.588 e. The van der Waals surface area contributed by atoms with E-state index in [1.165, 1.54) is 70.2 Å². The SMILES string of the molecule is CCCCCCCCCCC[C@H](CC(=O)O[C@H]1[C@H](OP(=O)(Oc2ccccc2)Oc2ccccc2)[C@@H](COC(=O)OC(C)(C)C(Cl)(Cl)Cl)OC(OCC[Si](C)(C)C)[C@@H]1NC(=O)OCC(Cl)(Cl)Cl)OC(=O)CCCCCCCCCC. The van der Waals surface area contributed by atoms with Gasteiger partial charge >= 0.3 is 32.0 Å². The molecule has 3 rings (SSSR count). The standard InChI is InChI=1S/C56H86Cl6NO15PSi/c1-8-10-12-14-16-18-19-21-25-35-44(72-46(64)36-30-22-20-17-15-13-11-9-2)39-47(65)74-50-48(63-52(66)71-41-55(57,58)59)51(69-37-38-80(5,6)7)73-45(40-70-53(67)75-54(3,4)56(60,61)62)49(50)78-79(68,76-42-31-26-23-27-32-42)77-43-33-28-24-29-34-43/h23-24,26-29,31-34,44-45,48-51H,8-22,25,30,35-41H2,1-7H3,(H,63,66)/t44-,45-,48-,49-,50-,51?/m1/s1. The molecule has 16 nitrogen and oxygen atoms in total. The van der Waals surface area contributed by atoms with Crippen LogP contribution in [0.15, 0.2) is 60.7 Å². The predicted molar refractivity (Wildman–Crippen MR) is 318 cm³/mol. The molecule has 2 aromatic carbocycles. The Morgan fingerprint density at radius 2 is 1.20 bits per heavy atom. The van der Waals surface area contributed by atoms with Gasteiger partial charge in [0.2, 0.25) is 7.59 Å². The number of phosphoric ester groups is 1. The van der Waals surface area contributed by atoms with Gasteiger partial charge in [0.05, 0.1) is 6.42 Å². The third-order valence-electron chi connectivity index (χ3n) is 12.8. The second-order valence-electron chi connectivity index (χ2n) is 21.7. The summed E-state index contributed by atoms with van der Waals surface area (Å²) in [6.45, 7) is 11.9. The molecule has 0 aliphatic carbocycles. The van der Waals surface area contributed by atoms with Crippen LogP contribution in [0.4, 0.5) is 9.59 Å². The molecule has 0 spiro atoms. The number of hydrogen-bond donors (Lipinski definition) is 1. The number of ether oxygens (including phenoxy) is 7. The summed E-state index contributed by atoms with van der Waals surface area (Å²) >= 11 is 36.4. The second-order valence-corrected chi connectivity index (χ2v) is 33.6. The fraction of sp³-hybridized carbons (Fsp3) is 0.714. The molecule has 0 radical (unpaired) electrons. The average Bonchev–Trinajstić information content (AvgIpc) is 3.36. The zero-order valence-corrected chi connectivity index (χ0v) is 54.0. The van der Waals surface area contributed by atoms with Crippen LogP contribution in [-0.4, -0.2) is 102 Å². The van der Waals surface area contributed by atoms with Gasteiger partial charge in [0.1, 0.15) is 49.1 Å². The number of carbonyl (C=O) groups is 4. The first kappa shape index (κ1) is 71.8. The number of alkyl carbamates (subject to hydrolysis) is 1. The van der Waals surface area contributed by atoms with Gasteiger partial charge in [-0.25, -0.2) is 14.2 Å². The highest BCUT2D eigenvalue weighted by Crippen LogP contribution is 2.53. The summed E-state index contributed by atoms with van der Waals surface area (Å²) < 4.78 is 71.5. The zero-order chi connectivity index (χ0) is 59.2. The molecule has 0 bridgehead atoms. The summed E-state index contributed by atoms with van der Waals surface area (Å²) in [5.41, 5.74) is -1.73. The molecule has 2 aromatic rings. The minimum Gasteiger partial charge on any atom is -0.462 e. The molecule has 80 heavy (non-hydrogen) atoms. The highest BCUT2D eigenvalue weighted by Gasteiger charge is 2.55. The number of halogens is 6. The Morgan fingerprint density at radius 3 is 1.70 bits per heavy atom. The number of esters is 2. The number of alkyl halides is 6. The Bertz CT molecular complexity index is 2090. The molecule has 24 heteroatoms. The van der Waals surface area contributed by atoms with Gasteiger partial charge in [-0.1, -0.05) is 236 Å². The third-order valence-corrected chi connectivity index (χ3v) is 17.6. The van der Waals surface area contributed by atoms with Crippen molar-refractivity contribution in [2.45, 2.75) is 232 Å². The number of rotatable bonds is 38. The fourth-order valence-corrected chi connectivity index (χ4v) is 10.7. The molecular weight excluding hydrogens is 1200 g/mol. The average molecular weight is 1290 g/mol. The van der Waals surface area contributed by atoms with E-state index in [1.54, 1.807) is 36.4 Å². The van der Waals surface area contributed by atoms with Gasteiger partial charge in [-0.3, -0.25) is 14.1 Å². The van der Waals surface area contributed by atoms with Gasteiger partial charge < -0.3 is 47.5 Å². The predicted octanol–water partition coefficient (Wildman–Crippen LogP) is 17.1. The number of carbonyl (C=O) groups excluding carboxylic acids is 4. The summed E-state index contributed by atoms with van der Waals surface area (Å²) in [6.07, 6.45) is 7.37. The van der Waals surface area contributed by atoms with E-state index in [2.05, 4.69) is 38.8 Å². The van der Waals surface area contributed by atoms with Crippen LogP contribution in [0, 0.1) is 0 Å². The summed E-state index contributed by atoms with van der Waals surface area (Å²) in [5.74, 6) is -1.32. The highest BCUT2D eigenvalue weighted by atomic mass is 35.6. The maximum atomic E-state index is 15.4. The van der Waals surface area contributed by atoms with Crippen LogP contribution < -0.4 is 14.4 Å². The summed E-state index contributed by atoms with van der Waals surface area (Å²) in [4.78, 5) is 55.7. The van der Waals surface area contributed by atoms with Gasteiger partial charge in [-0.15, -0.1) is 0 Å². The molecule has 6 atom stereocenters. The molecular formula is C56H86Cl6NO15PSi. The van der Waals surface area contributed by atoms with Crippen molar-refractivity contribution in [3.63, 3.8) is 0 Å². The topological polar surface area (TPSA) is 190 Å². The van der Waals surface area contributed by atoms with Crippen LogP contribution >= 0.6 is 77.4 Å². The van der Waals surface area contributed by atoms with E-state index >= 15 is 4.57 Å². The molecule has 1 fully saturated rings. The smallest absolute Gasteiger partial charge is 0.462 e. The minimum absolute atomic E-state index is 0.0352. The summed E-state index contributed by atoms with van der Waals surface area (Å²) in [7, 11) is -6.84. The molecule has 0 saturated carbocycles. The number of hydrogen-bond acceptors (Lipinski definition) is 15. The number of phosphoric acid groups is 1. The van der Waals surface area contributed by atoms with E-state index in [4.69, 9.17) is 116 Å². The molecule has 1 unspecified atom stereocenters. The van der Waals surface area contributed by atoms with Gasteiger partial charge in [0, 0.05) is 21.1 Å². The Hall–Kier alpha value is -2.41. The van der Waals surface area contributed by atoms with E-state index in [0.29, 0.717) is 25.3 Å².